The zero-order valence-corrected chi connectivity index (χ0v) is 12.7. The standard InChI is InChI=1S/C16H26N2O/c1-12-6-8-15(9-7-12)10-14(3)18(5)16(19)13(2)11-17-4/h6-9,13-14,17H,10-11H2,1-5H3. The Labute approximate surface area is 117 Å². The predicted molar refractivity (Wildman–Crippen MR) is 80.2 cm³/mol. The van der Waals surface area contributed by atoms with Crippen molar-refractivity contribution in [3.63, 3.8) is 0 Å². The number of rotatable bonds is 6. The van der Waals surface area contributed by atoms with Gasteiger partial charge in [0.05, 0.1) is 0 Å². The lowest BCUT2D eigenvalue weighted by Gasteiger charge is -2.28. The van der Waals surface area contributed by atoms with Gasteiger partial charge in [-0.05, 0) is 32.9 Å². The number of hydrogen-bond donors (Lipinski definition) is 1. The van der Waals surface area contributed by atoms with Crippen LogP contribution in [0.3, 0.4) is 0 Å². The fraction of sp³-hybridized carbons (Fsp3) is 0.562. The summed E-state index contributed by atoms with van der Waals surface area (Å²) in [6.07, 6.45) is 0.898. The predicted octanol–water partition coefficient (Wildman–Crippen LogP) is 2.24. The van der Waals surface area contributed by atoms with Gasteiger partial charge in [-0.2, -0.15) is 0 Å². The monoisotopic (exact) mass is 262 g/mol. The van der Waals surface area contributed by atoms with Crippen LogP contribution < -0.4 is 5.32 Å². The SMILES string of the molecule is CNCC(C)C(=O)N(C)C(C)Cc1ccc(C)cc1. The number of nitrogens with one attached hydrogen (secondary N) is 1. The van der Waals surface area contributed by atoms with E-state index in [-0.39, 0.29) is 17.9 Å². The van der Waals surface area contributed by atoms with Crippen LogP contribution in [0, 0.1) is 12.8 Å². The summed E-state index contributed by atoms with van der Waals surface area (Å²) in [5.41, 5.74) is 2.54. The lowest BCUT2D eigenvalue weighted by molar-refractivity contribution is -0.135. The molecule has 1 aromatic carbocycles. The molecule has 0 saturated heterocycles. The first kappa shape index (κ1) is 15.7. The molecule has 1 amide bonds. The molecule has 0 aliphatic heterocycles. The number of benzene rings is 1. The molecular formula is C16H26N2O. The van der Waals surface area contributed by atoms with Crippen molar-refractivity contribution < 1.29 is 4.79 Å². The Morgan fingerprint density at radius 2 is 1.84 bits per heavy atom. The molecular weight excluding hydrogens is 236 g/mol. The largest absolute Gasteiger partial charge is 0.342 e. The van der Waals surface area contributed by atoms with Crippen LogP contribution in [-0.2, 0) is 11.2 Å². The summed E-state index contributed by atoms with van der Waals surface area (Å²) in [5.74, 6) is 0.226. The molecule has 2 atom stereocenters. The van der Waals surface area contributed by atoms with E-state index in [0.29, 0.717) is 0 Å². The fourth-order valence-corrected chi connectivity index (χ4v) is 2.16. The molecule has 2 unspecified atom stereocenters. The van der Waals surface area contributed by atoms with E-state index in [1.54, 1.807) is 0 Å². The van der Waals surface area contributed by atoms with E-state index in [2.05, 4.69) is 43.4 Å². The second-order valence-corrected chi connectivity index (χ2v) is 5.45. The average molecular weight is 262 g/mol. The topological polar surface area (TPSA) is 32.3 Å². The van der Waals surface area contributed by atoms with Crippen LogP contribution in [0.2, 0.25) is 0 Å². The molecule has 0 heterocycles. The van der Waals surface area contributed by atoms with Crippen molar-refractivity contribution in [3.8, 4) is 0 Å². The van der Waals surface area contributed by atoms with Gasteiger partial charge in [-0.15, -0.1) is 0 Å². The molecule has 0 spiro atoms. The molecule has 1 N–H and O–H groups in total. The van der Waals surface area contributed by atoms with E-state index in [1.165, 1.54) is 11.1 Å². The van der Waals surface area contributed by atoms with E-state index in [9.17, 15) is 4.79 Å². The van der Waals surface area contributed by atoms with Gasteiger partial charge in [0.15, 0.2) is 0 Å². The normalized spacial score (nSPS) is 13.9. The molecule has 1 rings (SSSR count). The van der Waals surface area contributed by atoms with Crippen LogP contribution in [0.25, 0.3) is 0 Å². The maximum Gasteiger partial charge on any atom is 0.226 e. The third-order valence-corrected chi connectivity index (χ3v) is 3.59. The van der Waals surface area contributed by atoms with Crippen molar-refractivity contribution >= 4 is 5.91 Å². The summed E-state index contributed by atoms with van der Waals surface area (Å²) < 4.78 is 0. The number of carbonyl (C=O) groups excluding carboxylic acids is 1. The molecule has 0 bridgehead atoms. The summed E-state index contributed by atoms with van der Waals surface area (Å²) in [5, 5.41) is 3.05. The number of nitrogens with zero attached hydrogens (tertiary/aromatic N) is 1. The first-order valence-electron chi connectivity index (χ1n) is 6.92. The summed E-state index contributed by atoms with van der Waals surface area (Å²) in [6, 6.07) is 8.73. The Morgan fingerprint density at radius 3 is 2.37 bits per heavy atom. The van der Waals surface area contributed by atoms with E-state index < -0.39 is 0 Å². The van der Waals surface area contributed by atoms with Crippen LogP contribution in [0.4, 0.5) is 0 Å². The fourth-order valence-electron chi connectivity index (χ4n) is 2.16. The van der Waals surface area contributed by atoms with E-state index >= 15 is 0 Å². The van der Waals surface area contributed by atoms with Crippen LogP contribution >= 0.6 is 0 Å². The molecule has 19 heavy (non-hydrogen) atoms. The minimum atomic E-state index is 0.0236. The highest BCUT2D eigenvalue weighted by atomic mass is 16.2. The Balaban J connectivity index is 2.59. The smallest absolute Gasteiger partial charge is 0.226 e. The maximum atomic E-state index is 12.2. The minimum absolute atomic E-state index is 0.0236. The van der Waals surface area contributed by atoms with Crippen molar-refractivity contribution in [2.45, 2.75) is 33.2 Å². The van der Waals surface area contributed by atoms with Gasteiger partial charge in [-0.3, -0.25) is 4.79 Å². The van der Waals surface area contributed by atoms with Crippen LogP contribution in [0.1, 0.15) is 25.0 Å². The Hall–Kier alpha value is -1.35. The number of amides is 1. The average Bonchev–Trinajstić information content (AvgIpc) is 2.39. The van der Waals surface area contributed by atoms with Crippen molar-refractivity contribution in [2.75, 3.05) is 20.6 Å². The lowest BCUT2D eigenvalue weighted by Crippen LogP contribution is -2.41. The zero-order valence-electron chi connectivity index (χ0n) is 12.7. The number of carbonyl (C=O) groups is 1. The van der Waals surface area contributed by atoms with Crippen LogP contribution in [0.15, 0.2) is 24.3 Å². The maximum absolute atomic E-state index is 12.2. The third-order valence-electron chi connectivity index (χ3n) is 3.59. The number of hydrogen-bond acceptors (Lipinski definition) is 2. The second-order valence-electron chi connectivity index (χ2n) is 5.45. The van der Waals surface area contributed by atoms with Gasteiger partial charge >= 0.3 is 0 Å². The molecule has 106 valence electrons. The van der Waals surface area contributed by atoms with E-state index in [1.807, 2.05) is 25.9 Å². The molecule has 0 radical (unpaired) electrons. The Kier molecular flexibility index (Phi) is 6.03. The molecule has 0 aromatic heterocycles. The molecule has 0 saturated carbocycles. The lowest BCUT2D eigenvalue weighted by atomic mass is 10.0. The van der Waals surface area contributed by atoms with Crippen molar-refractivity contribution in [3.05, 3.63) is 35.4 Å². The van der Waals surface area contributed by atoms with E-state index in [0.717, 1.165) is 13.0 Å². The van der Waals surface area contributed by atoms with Gasteiger partial charge in [0.1, 0.15) is 0 Å². The third kappa shape index (κ3) is 4.67. The molecule has 0 aliphatic carbocycles. The Bertz CT molecular complexity index is 400. The first-order valence-corrected chi connectivity index (χ1v) is 6.92. The van der Waals surface area contributed by atoms with Crippen LogP contribution in [0.5, 0.6) is 0 Å². The summed E-state index contributed by atoms with van der Waals surface area (Å²) in [7, 11) is 3.77. The van der Waals surface area contributed by atoms with Gasteiger partial charge in [-0.25, -0.2) is 0 Å². The van der Waals surface area contributed by atoms with Gasteiger partial charge in [0, 0.05) is 25.6 Å². The van der Waals surface area contributed by atoms with Crippen molar-refractivity contribution in [2.24, 2.45) is 5.92 Å². The number of aryl methyl sites for hydroxylation is 1. The van der Waals surface area contributed by atoms with E-state index in [4.69, 9.17) is 0 Å². The van der Waals surface area contributed by atoms with Crippen molar-refractivity contribution in [1.29, 1.82) is 0 Å². The highest BCUT2D eigenvalue weighted by molar-refractivity contribution is 5.78. The molecule has 0 fully saturated rings. The van der Waals surface area contributed by atoms with Gasteiger partial charge in [-0.1, -0.05) is 36.8 Å². The molecule has 0 aliphatic rings. The summed E-state index contributed by atoms with van der Waals surface area (Å²) in [4.78, 5) is 14.1. The first-order chi connectivity index (χ1) is 8.95. The molecule has 3 nitrogen and oxygen atoms in total. The Morgan fingerprint density at radius 1 is 1.26 bits per heavy atom. The quantitative estimate of drug-likeness (QED) is 0.852. The summed E-state index contributed by atoms with van der Waals surface area (Å²) in [6.45, 7) is 6.88. The molecule has 1 aromatic rings. The summed E-state index contributed by atoms with van der Waals surface area (Å²) >= 11 is 0. The van der Waals surface area contributed by atoms with Gasteiger partial charge in [0.2, 0.25) is 5.91 Å². The molecule has 3 heteroatoms. The highest BCUT2D eigenvalue weighted by Crippen LogP contribution is 2.11. The zero-order chi connectivity index (χ0) is 14.4. The number of likely N-dealkylation sites (N-methyl/N-ethyl adjacent to an activating group) is 1. The van der Waals surface area contributed by atoms with Crippen LogP contribution in [-0.4, -0.2) is 37.5 Å². The van der Waals surface area contributed by atoms with Gasteiger partial charge in [0.25, 0.3) is 0 Å². The van der Waals surface area contributed by atoms with Crippen molar-refractivity contribution in [1.82, 2.24) is 10.2 Å². The van der Waals surface area contributed by atoms with Gasteiger partial charge < -0.3 is 10.2 Å². The highest BCUT2D eigenvalue weighted by Gasteiger charge is 2.21. The second kappa shape index (κ2) is 7.29. The minimum Gasteiger partial charge on any atom is -0.342 e.